The van der Waals surface area contributed by atoms with Gasteiger partial charge in [-0.2, -0.15) is 0 Å². The summed E-state index contributed by atoms with van der Waals surface area (Å²) in [5, 5.41) is 6.11. The molecule has 1 heterocycles. The molecular weight excluding hydrogens is 293 g/mol. The third-order valence-corrected chi connectivity index (χ3v) is 3.81. The number of hydrogen-bond donors (Lipinski definition) is 2. The lowest BCUT2D eigenvalue weighted by Gasteiger charge is -2.33. The van der Waals surface area contributed by atoms with E-state index in [0.29, 0.717) is 23.7 Å². The Labute approximate surface area is 131 Å². The molecule has 0 unspecified atom stereocenters. The molecule has 4 nitrogen and oxygen atoms in total. The lowest BCUT2D eigenvalue weighted by Crippen LogP contribution is -2.50. The van der Waals surface area contributed by atoms with E-state index in [0.717, 1.165) is 26.2 Å². The molecule has 6 heteroatoms. The molecule has 0 radical (unpaired) electrons. The summed E-state index contributed by atoms with van der Waals surface area (Å²) in [6, 6.07) is 5.18. The highest BCUT2D eigenvalue weighted by molar-refractivity contribution is 5.91. The van der Waals surface area contributed by atoms with Gasteiger partial charge >= 0.3 is 0 Å². The fourth-order valence-corrected chi connectivity index (χ4v) is 2.42. The van der Waals surface area contributed by atoms with Crippen LogP contribution >= 0.6 is 12.4 Å². The number of hydrogen-bond acceptors (Lipinski definition) is 3. The molecule has 1 aromatic carbocycles. The fraction of sp³-hybridized carbons (Fsp3) is 0.533. The number of carbonyl (C=O) groups is 1. The molecule has 118 valence electrons. The lowest BCUT2D eigenvalue weighted by molar-refractivity contribution is -0.116. The maximum atomic E-state index is 13.4. The molecule has 1 aliphatic heterocycles. The van der Waals surface area contributed by atoms with Crippen LogP contribution < -0.4 is 10.6 Å². The summed E-state index contributed by atoms with van der Waals surface area (Å²) in [5.74, 6) is -0.358. The number of amides is 1. The van der Waals surface area contributed by atoms with Gasteiger partial charge in [0.15, 0.2) is 0 Å². The second-order valence-corrected chi connectivity index (χ2v) is 5.30. The van der Waals surface area contributed by atoms with Crippen molar-refractivity contribution in [3.05, 3.63) is 29.6 Å². The van der Waals surface area contributed by atoms with Crippen LogP contribution in [0.4, 0.5) is 10.1 Å². The molecule has 0 aliphatic carbocycles. The summed E-state index contributed by atoms with van der Waals surface area (Å²) in [5.41, 5.74) is 1.04. The Morgan fingerprint density at radius 2 is 2.29 bits per heavy atom. The van der Waals surface area contributed by atoms with Gasteiger partial charge < -0.3 is 10.6 Å². The SMILES string of the molecule is Cc1c(F)cccc1NC(=O)CCN1CCNC[C@H]1C.Cl. The van der Waals surface area contributed by atoms with Crippen LogP contribution in [0, 0.1) is 12.7 Å². The molecule has 1 amide bonds. The predicted octanol–water partition coefficient (Wildman–Crippen LogP) is 2.18. The third-order valence-electron chi connectivity index (χ3n) is 3.81. The molecule has 0 aromatic heterocycles. The summed E-state index contributed by atoms with van der Waals surface area (Å²) in [7, 11) is 0. The summed E-state index contributed by atoms with van der Waals surface area (Å²) >= 11 is 0. The molecular formula is C15H23ClFN3O. The Hall–Kier alpha value is -1.17. The number of piperazine rings is 1. The normalized spacial score (nSPS) is 18.9. The molecule has 1 fully saturated rings. The first kappa shape index (κ1) is 17.9. The highest BCUT2D eigenvalue weighted by Gasteiger charge is 2.18. The van der Waals surface area contributed by atoms with Gasteiger partial charge in [-0.3, -0.25) is 9.69 Å². The Bertz CT molecular complexity index is 484. The van der Waals surface area contributed by atoms with Crippen molar-refractivity contribution >= 4 is 24.0 Å². The Kier molecular flexibility index (Phi) is 7.08. The largest absolute Gasteiger partial charge is 0.326 e. The van der Waals surface area contributed by atoms with Crippen LogP contribution in [0.25, 0.3) is 0 Å². The number of halogens is 2. The summed E-state index contributed by atoms with van der Waals surface area (Å²) < 4.78 is 13.4. The quantitative estimate of drug-likeness (QED) is 0.895. The van der Waals surface area contributed by atoms with Gasteiger partial charge in [0, 0.05) is 49.9 Å². The molecule has 2 N–H and O–H groups in total. The average Bonchev–Trinajstić information content (AvgIpc) is 2.43. The van der Waals surface area contributed by atoms with Crippen molar-refractivity contribution in [2.75, 3.05) is 31.5 Å². The van der Waals surface area contributed by atoms with Crippen molar-refractivity contribution in [1.29, 1.82) is 0 Å². The van der Waals surface area contributed by atoms with Crippen LogP contribution in [0.1, 0.15) is 18.9 Å². The van der Waals surface area contributed by atoms with E-state index in [1.165, 1.54) is 6.07 Å². The van der Waals surface area contributed by atoms with Crippen LogP contribution in [-0.4, -0.2) is 43.0 Å². The zero-order valence-corrected chi connectivity index (χ0v) is 13.3. The van der Waals surface area contributed by atoms with Gasteiger partial charge in [0.1, 0.15) is 5.82 Å². The van der Waals surface area contributed by atoms with Crippen molar-refractivity contribution in [2.24, 2.45) is 0 Å². The molecule has 0 spiro atoms. The maximum absolute atomic E-state index is 13.4. The van der Waals surface area contributed by atoms with Gasteiger partial charge in [-0.05, 0) is 26.0 Å². The first-order valence-corrected chi connectivity index (χ1v) is 7.07. The summed E-state index contributed by atoms with van der Waals surface area (Å²) in [6.45, 7) is 7.46. The standard InChI is InChI=1S/C15H22FN3O.ClH/c1-11-10-17-7-9-19(11)8-6-15(20)18-14-5-3-4-13(16)12(14)2;/h3-5,11,17H,6-10H2,1-2H3,(H,18,20);1H/t11-;/m1./s1. The van der Waals surface area contributed by atoms with E-state index in [9.17, 15) is 9.18 Å². The van der Waals surface area contributed by atoms with E-state index < -0.39 is 0 Å². The molecule has 1 aromatic rings. The number of carbonyl (C=O) groups excluding carboxylic acids is 1. The van der Waals surface area contributed by atoms with Crippen molar-refractivity contribution in [1.82, 2.24) is 10.2 Å². The summed E-state index contributed by atoms with van der Waals surface area (Å²) in [6.07, 6.45) is 0.431. The van der Waals surface area contributed by atoms with E-state index >= 15 is 0 Å². The Balaban J connectivity index is 0.00000220. The van der Waals surface area contributed by atoms with Crippen molar-refractivity contribution in [3.63, 3.8) is 0 Å². The second-order valence-electron chi connectivity index (χ2n) is 5.30. The first-order chi connectivity index (χ1) is 9.58. The van der Waals surface area contributed by atoms with Crippen LogP contribution in [0.5, 0.6) is 0 Å². The lowest BCUT2D eigenvalue weighted by atomic mass is 10.1. The predicted molar refractivity (Wildman–Crippen MR) is 85.5 cm³/mol. The Morgan fingerprint density at radius 1 is 1.52 bits per heavy atom. The van der Waals surface area contributed by atoms with Crippen molar-refractivity contribution in [3.8, 4) is 0 Å². The highest BCUT2D eigenvalue weighted by Crippen LogP contribution is 2.17. The molecule has 1 saturated heterocycles. The van der Waals surface area contributed by atoms with Crippen LogP contribution in [0.3, 0.4) is 0 Å². The van der Waals surface area contributed by atoms with Crippen molar-refractivity contribution < 1.29 is 9.18 Å². The van der Waals surface area contributed by atoms with Crippen LogP contribution in [0.15, 0.2) is 18.2 Å². The van der Waals surface area contributed by atoms with E-state index in [4.69, 9.17) is 0 Å². The molecule has 1 aliphatic rings. The van der Waals surface area contributed by atoms with Gasteiger partial charge in [0.2, 0.25) is 5.91 Å². The van der Waals surface area contributed by atoms with E-state index in [1.807, 2.05) is 0 Å². The highest BCUT2D eigenvalue weighted by atomic mass is 35.5. The number of benzene rings is 1. The van der Waals surface area contributed by atoms with Gasteiger partial charge in [-0.1, -0.05) is 6.07 Å². The smallest absolute Gasteiger partial charge is 0.225 e. The maximum Gasteiger partial charge on any atom is 0.225 e. The van der Waals surface area contributed by atoms with Gasteiger partial charge in [0.05, 0.1) is 0 Å². The summed E-state index contributed by atoms with van der Waals surface area (Å²) in [4.78, 5) is 14.2. The van der Waals surface area contributed by atoms with Crippen LogP contribution in [-0.2, 0) is 4.79 Å². The monoisotopic (exact) mass is 315 g/mol. The average molecular weight is 316 g/mol. The van der Waals surface area contributed by atoms with E-state index in [2.05, 4.69) is 22.5 Å². The minimum Gasteiger partial charge on any atom is -0.326 e. The van der Waals surface area contributed by atoms with Crippen LogP contribution in [0.2, 0.25) is 0 Å². The number of anilines is 1. The minimum absolute atomic E-state index is 0. The molecule has 0 bridgehead atoms. The Morgan fingerprint density at radius 3 is 3.00 bits per heavy atom. The third kappa shape index (κ3) is 4.95. The van der Waals surface area contributed by atoms with Gasteiger partial charge in [0.25, 0.3) is 0 Å². The van der Waals surface area contributed by atoms with E-state index in [1.54, 1.807) is 19.1 Å². The fourth-order valence-electron chi connectivity index (χ4n) is 2.42. The topological polar surface area (TPSA) is 44.4 Å². The molecule has 2 rings (SSSR count). The number of nitrogens with one attached hydrogen (secondary N) is 2. The molecule has 1 atom stereocenters. The molecule has 21 heavy (non-hydrogen) atoms. The number of rotatable bonds is 4. The van der Waals surface area contributed by atoms with Crippen molar-refractivity contribution in [2.45, 2.75) is 26.3 Å². The first-order valence-electron chi connectivity index (χ1n) is 7.07. The second kappa shape index (κ2) is 8.32. The van der Waals surface area contributed by atoms with E-state index in [-0.39, 0.29) is 24.1 Å². The number of nitrogens with zero attached hydrogens (tertiary/aromatic N) is 1. The van der Waals surface area contributed by atoms with Gasteiger partial charge in [-0.25, -0.2) is 4.39 Å². The van der Waals surface area contributed by atoms with Gasteiger partial charge in [-0.15, -0.1) is 12.4 Å². The minimum atomic E-state index is -0.293. The molecule has 0 saturated carbocycles. The zero-order chi connectivity index (χ0) is 14.5. The zero-order valence-electron chi connectivity index (χ0n) is 12.5.